The highest BCUT2D eigenvalue weighted by Crippen LogP contribution is 2.16. The Morgan fingerprint density at radius 2 is 1.03 bits per heavy atom. The van der Waals surface area contributed by atoms with Gasteiger partial charge in [-0.2, -0.15) is 0 Å². The van der Waals surface area contributed by atoms with Crippen LogP contribution in [-0.2, 0) is 26.6 Å². The second-order valence-electron chi connectivity index (χ2n) is 5.99. The first-order valence-electron chi connectivity index (χ1n) is 10.7. The van der Waals surface area contributed by atoms with Crippen molar-refractivity contribution in [2.75, 3.05) is 39.6 Å². The average Bonchev–Trinajstić information content (AvgIpc) is 2.73. The summed E-state index contributed by atoms with van der Waals surface area (Å²) in [5.74, 6) is 0. The maximum atomic E-state index is 5.84. The van der Waals surface area contributed by atoms with Gasteiger partial charge in [0, 0.05) is 45.8 Å². The van der Waals surface area contributed by atoms with Crippen molar-refractivity contribution in [3.05, 3.63) is 41.0 Å². The first kappa shape index (κ1) is 26.9. The summed E-state index contributed by atoms with van der Waals surface area (Å²) in [4.78, 5) is 4.51. The zero-order valence-electron chi connectivity index (χ0n) is 19.2. The Labute approximate surface area is 183 Å². The monoisotopic (exact) mass is 455 g/mol. The van der Waals surface area contributed by atoms with Gasteiger partial charge in [0.25, 0.3) is 0 Å². The molecule has 0 saturated carbocycles. The number of hydrogen-bond donors (Lipinski definition) is 0. The van der Waals surface area contributed by atoms with E-state index in [9.17, 15) is 0 Å². The zero-order valence-corrected chi connectivity index (χ0v) is 21.2. The standard InChI is InChI=1S/C21H37NO6Si2/c1-7-23-29(24-8-2,25-9-3)17-15-20-13-14-21(22-19-20)16-18-30(26-10-4,27-11-5)28-12-6/h13-19H,7-12H2,1-6H3. The third kappa shape index (κ3) is 8.90. The van der Waals surface area contributed by atoms with Crippen molar-refractivity contribution in [2.45, 2.75) is 41.5 Å². The van der Waals surface area contributed by atoms with Gasteiger partial charge in [-0.1, -0.05) is 12.1 Å². The topological polar surface area (TPSA) is 68.3 Å². The van der Waals surface area contributed by atoms with Gasteiger partial charge in [0.15, 0.2) is 0 Å². The van der Waals surface area contributed by atoms with E-state index >= 15 is 0 Å². The van der Waals surface area contributed by atoms with Crippen molar-refractivity contribution >= 4 is 29.8 Å². The molecule has 170 valence electrons. The van der Waals surface area contributed by atoms with E-state index in [1.807, 2.05) is 77.2 Å². The summed E-state index contributed by atoms with van der Waals surface area (Å²) < 4.78 is 35.0. The van der Waals surface area contributed by atoms with Gasteiger partial charge in [-0.25, -0.2) is 0 Å². The van der Waals surface area contributed by atoms with Crippen LogP contribution in [0.2, 0.25) is 0 Å². The predicted molar refractivity (Wildman–Crippen MR) is 124 cm³/mol. The molecule has 7 nitrogen and oxygen atoms in total. The van der Waals surface area contributed by atoms with E-state index < -0.39 is 17.6 Å². The summed E-state index contributed by atoms with van der Waals surface area (Å²) in [6, 6.07) is 3.92. The van der Waals surface area contributed by atoms with Crippen LogP contribution in [0, 0.1) is 0 Å². The fraction of sp³-hybridized carbons (Fsp3) is 0.571. The van der Waals surface area contributed by atoms with Crippen molar-refractivity contribution in [1.82, 2.24) is 4.98 Å². The smallest absolute Gasteiger partial charge is 0.371 e. The lowest BCUT2D eigenvalue weighted by atomic mass is 10.2. The lowest BCUT2D eigenvalue weighted by Crippen LogP contribution is -2.44. The van der Waals surface area contributed by atoms with E-state index in [0.29, 0.717) is 39.6 Å². The van der Waals surface area contributed by atoms with E-state index in [0.717, 1.165) is 11.3 Å². The molecule has 0 saturated heterocycles. The van der Waals surface area contributed by atoms with Gasteiger partial charge in [-0.15, -0.1) is 0 Å². The molecule has 1 aromatic rings. The highest BCUT2D eigenvalue weighted by molar-refractivity contribution is 6.67. The molecule has 0 aliphatic heterocycles. The quantitative estimate of drug-likeness (QED) is 0.345. The van der Waals surface area contributed by atoms with Crippen molar-refractivity contribution in [2.24, 2.45) is 0 Å². The molecule has 0 radical (unpaired) electrons. The zero-order chi connectivity index (χ0) is 22.3. The third-order valence-electron chi connectivity index (χ3n) is 3.82. The molecule has 9 heteroatoms. The van der Waals surface area contributed by atoms with E-state index in [4.69, 9.17) is 26.6 Å². The summed E-state index contributed by atoms with van der Waals surface area (Å²) in [5.41, 5.74) is 5.53. The number of nitrogens with zero attached hydrogens (tertiary/aromatic N) is 1. The maximum absolute atomic E-state index is 5.84. The minimum absolute atomic E-state index is 0.527. The van der Waals surface area contributed by atoms with Crippen molar-refractivity contribution < 1.29 is 26.6 Å². The molecule has 0 aromatic carbocycles. The van der Waals surface area contributed by atoms with Crippen LogP contribution >= 0.6 is 0 Å². The van der Waals surface area contributed by atoms with Gasteiger partial charge < -0.3 is 26.6 Å². The molecular formula is C21H37NO6Si2. The largest absolute Gasteiger partial charge is 0.529 e. The van der Waals surface area contributed by atoms with Gasteiger partial charge >= 0.3 is 17.6 Å². The minimum atomic E-state index is -2.84. The van der Waals surface area contributed by atoms with Gasteiger partial charge in [0.2, 0.25) is 0 Å². The molecule has 1 rings (SSSR count). The van der Waals surface area contributed by atoms with Crippen LogP contribution in [0.5, 0.6) is 0 Å². The molecule has 0 aliphatic carbocycles. The van der Waals surface area contributed by atoms with Crippen molar-refractivity contribution in [3.8, 4) is 0 Å². The molecule has 0 aliphatic rings. The Morgan fingerprint density at radius 3 is 1.37 bits per heavy atom. The fourth-order valence-electron chi connectivity index (χ4n) is 2.75. The highest BCUT2D eigenvalue weighted by atomic mass is 28.4. The second-order valence-corrected chi connectivity index (χ2v) is 10.8. The van der Waals surface area contributed by atoms with E-state index in [1.165, 1.54) is 0 Å². The number of pyridine rings is 1. The summed E-state index contributed by atoms with van der Waals surface area (Å²) in [6.45, 7) is 14.8. The Morgan fingerprint density at radius 1 is 0.633 bits per heavy atom. The Balaban J connectivity index is 2.98. The predicted octanol–water partition coefficient (Wildman–Crippen LogP) is 4.28. The molecule has 30 heavy (non-hydrogen) atoms. The first-order valence-corrected chi connectivity index (χ1v) is 14.3. The van der Waals surface area contributed by atoms with Crippen molar-refractivity contribution in [3.63, 3.8) is 0 Å². The van der Waals surface area contributed by atoms with Gasteiger partial charge in [0.05, 0.1) is 5.69 Å². The molecule has 0 N–H and O–H groups in total. The summed E-state index contributed by atoms with van der Waals surface area (Å²) >= 11 is 0. The number of aromatic nitrogens is 1. The van der Waals surface area contributed by atoms with Gasteiger partial charge in [0.1, 0.15) is 0 Å². The van der Waals surface area contributed by atoms with E-state index in [1.54, 1.807) is 6.20 Å². The van der Waals surface area contributed by atoms with Crippen LogP contribution in [-0.4, -0.2) is 62.2 Å². The molecule has 0 bridgehead atoms. The van der Waals surface area contributed by atoms with Crippen LogP contribution in [0.4, 0.5) is 0 Å². The average molecular weight is 456 g/mol. The van der Waals surface area contributed by atoms with Crippen LogP contribution in [0.3, 0.4) is 0 Å². The number of hydrogen-bond acceptors (Lipinski definition) is 7. The van der Waals surface area contributed by atoms with Gasteiger partial charge in [-0.05, 0) is 70.6 Å². The molecule has 1 aromatic heterocycles. The maximum Gasteiger partial charge on any atom is 0.529 e. The normalized spacial score (nSPS) is 13.0. The van der Waals surface area contributed by atoms with E-state index in [-0.39, 0.29) is 0 Å². The number of rotatable bonds is 16. The molecule has 0 unspecified atom stereocenters. The Bertz CT molecular complexity index is 550. The molecule has 0 atom stereocenters. The first-order chi connectivity index (χ1) is 14.5. The summed E-state index contributed by atoms with van der Waals surface area (Å²) in [5, 5.41) is 0. The molecule has 0 spiro atoms. The molecule has 0 amide bonds. The molecule has 1 heterocycles. The van der Waals surface area contributed by atoms with E-state index in [2.05, 4.69) is 4.98 Å². The van der Waals surface area contributed by atoms with Crippen LogP contribution < -0.4 is 0 Å². The molecule has 0 fully saturated rings. The fourth-order valence-corrected chi connectivity index (χ4v) is 7.01. The summed E-state index contributed by atoms with van der Waals surface area (Å²) in [6.07, 6.45) is 5.62. The van der Waals surface area contributed by atoms with Crippen molar-refractivity contribution in [1.29, 1.82) is 0 Å². The lowest BCUT2D eigenvalue weighted by molar-refractivity contribution is 0.0837. The lowest BCUT2D eigenvalue weighted by Gasteiger charge is -2.25. The van der Waals surface area contributed by atoms with Crippen LogP contribution in [0.15, 0.2) is 29.7 Å². The van der Waals surface area contributed by atoms with Gasteiger partial charge in [-0.3, -0.25) is 4.98 Å². The second kappa shape index (κ2) is 14.8. The van der Waals surface area contributed by atoms with Crippen LogP contribution in [0.25, 0.3) is 12.2 Å². The minimum Gasteiger partial charge on any atom is -0.371 e. The SMILES string of the molecule is CCO[Si](C=Cc1ccc(C=C[Si](OCC)(OCC)OCC)nc1)(OCC)OCC. The van der Waals surface area contributed by atoms with Crippen LogP contribution in [0.1, 0.15) is 52.8 Å². The Kier molecular flexibility index (Phi) is 13.2. The third-order valence-corrected chi connectivity index (χ3v) is 9.12. The summed E-state index contributed by atoms with van der Waals surface area (Å²) in [7, 11) is -5.66. The highest BCUT2D eigenvalue weighted by Gasteiger charge is 2.38. The Hall–Kier alpha value is -1.18. The molecular weight excluding hydrogens is 418 g/mol.